The highest BCUT2D eigenvalue weighted by Gasteiger charge is 2.41. The molecule has 2 heterocycles. The molecule has 0 radical (unpaired) electrons. The van der Waals surface area contributed by atoms with Gasteiger partial charge in [0.25, 0.3) is 0 Å². The number of hydrogen-bond acceptors (Lipinski definition) is 3. The van der Waals surface area contributed by atoms with Gasteiger partial charge in [-0.1, -0.05) is 58.4 Å². The number of piperazine rings is 1. The fourth-order valence-corrected chi connectivity index (χ4v) is 6.23. The Morgan fingerprint density at radius 2 is 1.57 bits per heavy atom. The van der Waals surface area contributed by atoms with Gasteiger partial charge >= 0.3 is 0 Å². The van der Waals surface area contributed by atoms with Crippen molar-refractivity contribution in [3.05, 3.63) is 29.3 Å². The second kappa shape index (κ2) is 10.5. The fraction of sp³-hybridized carbons (Fsp3) is 0.778. The highest BCUT2D eigenvalue weighted by molar-refractivity contribution is 5.55. The summed E-state index contributed by atoms with van der Waals surface area (Å²) in [5.41, 5.74) is 4.84. The lowest BCUT2D eigenvalue weighted by Crippen LogP contribution is -2.44. The number of unbranched alkanes of at least 4 members (excludes halogenated alkanes) is 4. The Morgan fingerprint density at radius 1 is 0.867 bits per heavy atom. The Kier molecular flexibility index (Phi) is 7.75. The van der Waals surface area contributed by atoms with Gasteiger partial charge in [0.2, 0.25) is 0 Å². The van der Waals surface area contributed by atoms with Gasteiger partial charge < -0.3 is 9.80 Å². The first-order chi connectivity index (χ1) is 14.7. The molecular weight excluding hydrogens is 366 g/mol. The molecule has 3 heteroatoms. The lowest BCUT2D eigenvalue weighted by Gasteiger charge is -2.40. The lowest BCUT2D eigenvalue weighted by atomic mass is 9.92. The predicted molar refractivity (Wildman–Crippen MR) is 130 cm³/mol. The molecule has 2 bridgehead atoms. The summed E-state index contributed by atoms with van der Waals surface area (Å²) in [6, 6.07) is 9.00. The monoisotopic (exact) mass is 411 g/mol. The summed E-state index contributed by atoms with van der Waals surface area (Å²) in [6.45, 7) is 10.7. The van der Waals surface area contributed by atoms with Crippen molar-refractivity contribution in [2.75, 3.05) is 44.7 Å². The minimum Gasteiger partial charge on any atom is -0.369 e. The van der Waals surface area contributed by atoms with Gasteiger partial charge in [0, 0.05) is 44.0 Å². The second-order valence-electron chi connectivity index (χ2n) is 10.2. The topological polar surface area (TPSA) is 9.72 Å². The van der Waals surface area contributed by atoms with Gasteiger partial charge in [-0.2, -0.15) is 0 Å². The minimum atomic E-state index is 0.680. The van der Waals surface area contributed by atoms with E-state index < -0.39 is 0 Å². The van der Waals surface area contributed by atoms with Crippen molar-refractivity contribution in [3.63, 3.8) is 0 Å². The molecule has 2 saturated heterocycles. The zero-order chi connectivity index (χ0) is 20.9. The summed E-state index contributed by atoms with van der Waals surface area (Å²) in [5.74, 6) is 0.815. The highest BCUT2D eigenvalue weighted by atomic mass is 15.2. The molecule has 0 spiro atoms. The summed E-state index contributed by atoms with van der Waals surface area (Å²) in [7, 11) is 2.25. The largest absolute Gasteiger partial charge is 0.369 e. The van der Waals surface area contributed by atoms with E-state index in [0.29, 0.717) is 6.04 Å². The van der Waals surface area contributed by atoms with Crippen LogP contribution >= 0.6 is 0 Å². The molecule has 2 fully saturated rings. The first kappa shape index (κ1) is 22.1. The van der Waals surface area contributed by atoms with Crippen LogP contribution in [0.4, 0.5) is 5.69 Å². The second-order valence-corrected chi connectivity index (χ2v) is 10.2. The highest BCUT2D eigenvalue weighted by Crippen LogP contribution is 2.51. The lowest BCUT2D eigenvalue weighted by molar-refractivity contribution is 0.0843. The maximum atomic E-state index is 2.96. The van der Waals surface area contributed by atoms with Crippen molar-refractivity contribution >= 4 is 5.69 Å². The molecule has 2 atom stereocenters. The molecular formula is C27H45N3. The first-order valence-corrected chi connectivity index (χ1v) is 13.0. The average Bonchev–Trinajstić information content (AvgIpc) is 3.05. The molecule has 30 heavy (non-hydrogen) atoms. The summed E-state index contributed by atoms with van der Waals surface area (Å²) >= 11 is 0. The van der Waals surface area contributed by atoms with Gasteiger partial charge in [-0.05, 0) is 68.5 Å². The number of hydrogen-bond donors (Lipinski definition) is 0. The van der Waals surface area contributed by atoms with Crippen LogP contribution in [0.1, 0.15) is 101 Å². The van der Waals surface area contributed by atoms with Crippen LogP contribution in [0.3, 0.4) is 0 Å². The van der Waals surface area contributed by atoms with E-state index in [4.69, 9.17) is 0 Å². The van der Waals surface area contributed by atoms with Gasteiger partial charge in [-0.25, -0.2) is 0 Å². The summed E-state index contributed by atoms with van der Waals surface area (Å²) < 4.78 is 0. The Bertz CT molecular complexity index is 654. The SMILES string of the molecule is CCCCCC(CCCCC)N1CC[C@H]2C[C@@H]1c1cc(N3CCN(C)CC3)ccc12. The molecule has 4 rings (SSSR count). The minimum absolute atomic E-state index is 0.680. The van der Waals surface area contributed by atoms with Crippen molar-refractivity contribution in [2.45, 2.75) is 96.1 Å². The number of piperidine rings is 1. The maximum Gasteiger partial charge on any atom is 0.0370 e. The standard InChI is InChI=1S/C27H45N3/c1-4-6-8-10-23(11-9-7-5-2)30-15-14-22-20-27(30)26-21-24(12-13-25(22)26)29-18-16-28(3)17-19-29/h12-13,21-23,27H,4-11,14-20H2,1-3H3/t22-,27+/m0/s1. The van der Waals surface area contributed by atoms with Crippen LogP contribution in [0.15, 0.2) is 18.2 Å². The van der Waals surface area contributed by atoms with Crippen molar-refractivity contribution < 1.29 is 0 Å². The molecule has 1 aliphatic carbocycles. The zero-order valence-electron chi connectivity index (χ0n) is 19.9. The number of rotatable bonds is 10. The predicted octanol–water partition coefficient (Wildman–Crippen LogP) is 6.20. The summed E-state index contributed by atoms with van der Waals surface area (Å²) in [4.78, 5) is 8.03. The van der Waals surface area contributed by atoms with Crippen LogP contribution in [0.2, 0.25) is 0 Å². The number of nitrogens with zero attached hydrogens (tertiary/aromatic N) is 3. The van der Waals surface area contributed by atoms with Crippen LogP contribution in [0.5, 0.6) is 0 Å². The van der Waals surface area contributed by atoms with Crippen LogP contribution in [0.25, 0.3) is 0 Å². The van der Waals surface area contributed by atoms with E-state index in [-0.39, 0.29) is 0 Å². The van der Waals surface area contributed by atoms with Gasteiger partial charge in [-0.15, -0.1) is 0 Å². The number of fused-ring (bicyclic) bond motifs is 5. The van der Waals surface area contributed by atoms with Gasteiger partial charge in [-0.3, -0.25) is 4.90 Å². The zero-order valence-corrected chi connectivity index (χ0v) is 19.9. The number of benzene rings is 1. The van der Waals surface area contributed by atoms with E-state index >= 15 is 0 Å². The van der Waals surface area contributed by atoms with E-state index in [1.54, 1.807) is 11.1 Å². The molecule has 3 aliphatic rings. The molecule has 0 saturated carbocycles. The third-order valence-electron chi connectivity index (χ3n) is 8.13. The number of likely N-dealkylation sites (N-methyl/N-ethyl adjacent to an activating group) is 1. The maximum absolute atomic E-state index is 2.96. The number of likely N-dealkylation sites (tertiary alicyclic amines) is 1. The Balaban J connectivity index is 1.51. The normalized spacial score (nSPS) is 24.6. The molecule has 0 amide bonds. The van der Waals surface area contributed by atoms with Crippen molar-refractivity contribution in [3.8, 4) is 0 Å². The van der Waals surface area contributed by atoms with Crippen LogP contribution in [-0.2, 0) is 0 Å². The van der Waals surface area contributed by atoms with Crippen LogP contribution in [0, 0.1) is 0 Å². The molecule has 3 nitrogen and oxygen atoms in total. The van der Waals surface area contributed by atoms with Crippen molar-refractivity contribution in [2.24, 2.45) is 0 Å². The molecule has 1 aromatic carbocycles. The van der Waals surface area contributed by atoms with E-state index in [9.17, 15) is 0 Å². The van der Waals surface area contributed by atoms with Gasteiger partial charge in [0.05, 0.1) is 0 Å². The molecule has 168 valence electrons. The van der Waals surface area contributed by atoms with Crippen LogP contribution < -0.4 is 4.90 Å². The van der Waals surface area contributed by atoms with E-state index in [0.717, 1.165) is 12.0 Å². The van der Waals surface area contributed by atoms with Gasteiger partial charge in [0.15, 0.2) is 0 Å². The number of anilines is 1. The summed E-state index contributed by atoms with van der Waals surface area (Å²) in [5, 5.41) is 0. The molecule has 0 unspecified atom stereocenters. The molecule has 1 aromatic rings. The fourth-order valence-electron chi connectivity index (χ4n) is 6.23. The Morgan fingerprint density at radius 3 is 2.23 bits per heavy atom. The third-order valence-corrected chi connectivity index (χ3v) is 8.13. The van der Waals surface area contributed by atoms with Crippen LogP contribution in [-0.4, -0.2) is 55.6 Å². The molecule has 2 aliphatic heterocycles. The van der Waals surface area contributed by atoms with Crippen molar-refractivity contribution in [1.29, 1.82) is 0 Å². The smallest absolute Gasteiger partial charge is 0.0370 e. The Hall–Kier alpha value is -1.06. The first-order valence-electron chi connectivity index (χ1n) is 13.0. The van der Waals surface area contributed by atoms with E-state index in [1.807, 2.05) is 0 Å². The third kappa shape index (κ3) is 4.88. The van der Waals surface area contributed by atoms with E-state index in [1.165, 1.54) is 103 Å². The molecule has 0 N–H and O–H groups in total. The van der Waals surface area contributed by atoms with Crippen molar-refractivity contribution in [1.82, 2.24) is 9.80 Å². The summed E-state index contributed by atoms with van der Waals surface area (Å²) in [6.07, 6.45) is 13.9. The van der Waals surface area contributed by atoms with Gasteiger partial charge in [0.1, 0.15) is 0 Å². The molecule has 0 aromatic heterocycles. The average molecular weight is 412 g/mol. The quantitative estimate of drug-likeness (QED) is 0.424. The van der Waals surface area contributed by atoms with E-state index in [2.05, 4.69) is 53.8 Å². The Labute approximate surface area is 185 Å².